The lowest BCUT2D eigenvalue weighted by Gasteiger charge is -2.08. The van der Waals surface area contributed by atoms with Crippen LogP contribution in [-0.2, 0) is 0 Å². The molecule has 0 aliphatic heterocycles. The van der Waals surface area contributed by atoms with Crippen molar-refractivity contribution in [1.82, 2.24) is 9.97 Å². The molecule has 0 bridgehead atoms. The van der Waals surface area contributed by atoms with Crippen molar-refractivity contribution in [2.75, 3.05) is 17.9 Å². The predicted octanol–water partition coefficient (Wildman–Crippen LogP) is 1.68. The Morgan fingerprint density at radius 3 is 2.85 bits per heavy atom. The molecular weight excluding hydrogens is 282 g/mol. The number of hydrazine groups is 1. The summed E-state index contributed by atoms with van der Waals surface area (Å²) in [5, 5.41) is 3.05. The molecule has 0 saturated heterocycles. The molecule has 0 atom stereocenters. The summed E-state index contributed by atoms with van der Waals surface area (Å²) in [5.41, 5.74) is 2.97. The molecule has 2 rings (SSSR count). The molecule has 1 amide bonds. The summed E-state index contributed by atoms with van der Waals surface area (Å²) < 4.78 is 5.03. The van der Waals surface area contributed by atoms with Gasteiger partial charge in [0.2, 0.25) is 0 Å². The molecule has 8 heteroatoms. The number of carbonyl (C=O) groups excluding carboxylic acids is 1. The molecule has 0 aliphatic carbocycles. The van der Waals surface area contributed by atoms with Gasteiger partial charge in [0.05, 0.1) is 24.5 Å². The van der Waals surface area contributed by atoms with Gasteiger partial charge in [-0.05, 0) is 18.2 Å². The quantitative estimate of drug-likeness (QED) is 0.585. The van der Waals surface area contributed by atoms with Gasteiger partial charge in [-0.3, -0.25) is 9.78 Å². The molecule has 0 saturated carbocycles. The van der Waals surface area contributed by atoms with Crippen molar-refractivity contribution in [3.63, 3.8) is 0 Å². The molecule has 1 aromatic carbocycles. The van der Waals surface area contributed by atoms with Crippen LogP contribution in [0.15, 0.2) is 30.6 Å². The summed E-state index contributed by atoms with van der Waals surface area (Å²) in [6.07, 6.45) is 2.74. The van der Waals surface area contributed by atoms with Crippen LogP contribution in [-0.4, -0.2) is 23.0 Å². The van der Waals surface area contributed by atoms with Crippen molar-refractivity contribution in [2.45, 2.75) is 0 Å². The van der Waals surface area contributed by atoms with Crippen LogP contribution in [0.5, 0.6) is 5.75 Å². The van der Waals surface area contributed by atoms with E-state index in [-0.39, 0.29) is 5.69 Å². The zero-order valence-electron chi connectivity index (χ0n) is 10.6. The summed E-state index contributed by atoms with van der Waals surface area (Å²) in [7, 11) is 1.51. The molecule has 0 aliphatic rings. The van der Waals surface area contributed by atoms with E-state index in [4.69, 9.17) is 22.2 Å². The third-order valence-electron chi connectivity index (χ3n) is 2.42. The fourth-order valence-electron chi connectivity index (χ4n) is 1.48. The molecule has 20 heavy (non-hydrogen) atoms. The molecule has 1 heterocycles. The number of aromatic nitrogens is 2. The van der Waals surface area contributed by atoms with E-state index in [1.807, 2.05) is 0 Å². The molecular formula is C12H12ClN5O2. The van der Waals surface area contributed by atoms with Crippen molar-refractivity contribution in [3.8, 4) is 5.75 Å². The van der Waals surface area contributed by atoms with Crippen LogP contribution in [0.1, 0.15) is 10.5 Å². The number of nitrogens with two attached hydrogens (primary N) is 1. The van der Waals surface area contributed by atoms with Crippen molar-refractivity contribution in [3.05, 3.63) is 41.3 Å². The van der Waals surface area contributed by atoms with E-state index >= 15 is 0 Å². The number of benzene rings is 1. The fraction of sp³-hybridized carbons (Fsp3) is 0.0833. The van der Waals surface area contributed by atoms with Crippen LogP contribution in [0.3, 0.4) is 0 Å². The number of nitrogens with one attached hydrogen (secondary N) is 2. The first-order valence-corrected chi connectivity index (χ1v) is 5.95. The number of methoxy groups -OCH3 is 1. The Morgan fingerprint density at radius 2 is 2.20 bits per heavy atom. The maximum atomic E-state index is 12.0. The Bertz CT molecular complexity index is 635. The van der Waals surface area contributed by atoms with Crippen molar-refractivity contribution < 1.29 is 9.53 Å². The summed E-state index contributed by atoms with van der Waals surface area (Å²) in [6, 6.07) is 4.90. The molecule has 104 valence electrons. The first kappa shape index (κ1) is 14.0. The molecule has 0 unspecified atom stereocenters. The minimum absolute atomic E-state index is 0.132. The lowest BCUT2D eigenvalue weighted by atomic mass is 10.3. The third kappa shape index (κ3) is 3.14. The highest BCUT2D eigenvalue weighted by atomic mass is 35.5. The Balaban J connectivity index is 2.16. The van der Waals surface area contributed by atoms with Gasteiger partial charge >= 0.3 is 0 Å². The lowest BCUT2D eigenvalue weighted by molar-refractivity contribution is 0.102. The summed E-state index contributed by atoms with van der Waals surface area (Å²) in [4.78, 5) is 19.8. The number of carbonyl (C=O) groups is 1. The van der Waals surface area contributed by atoms with Gasteiger partial charge in [-0.25, -0.2) is 10.8 Å². The van der Waals surface area contributed by atoms with Crippen LogP contribution < -0.4 is 21.3 Å². The van der Waals surface area contributed by atoms with E-state index < -0.39 is 5.91 Å². The standard InChI is InChI=1S/C12H12ClN5O2/c1-20-10-3-2-7(4-8(10)13)16-12(19)9-5-15-6-11(17-9)18-14/h2-6H,14H2,1H3,(H,16,19)(H,17,18). The number of anilines is 2. The molecule has 0 spiro atoms. The second-order valence-corrected chi connectivity index (χ2v) is 4.14. The van der Waals surface area contributed by atoms with Crippen LogP contribution in [0, 0.1) is 0 Å². The van der Waals surface area contributed by atoms with E-state index in [2.05, 4.69) is 20.7 Å². The Labute approximate surface area is 120 Å². The van der Waals surface area contributed by atoms with Gasteiger partial charge in [0.25, 0.3) is 5.91 Å². The second kappa shape index (κ2) is 6.18. The van der Waals surface area contributed by atoms with Crippen molar-refractivity contribution >= 4 is 29.0 Å². The minimum atomic E-state index is -0.421. The first-order valence-electron chi connectivity index (χ1n) is 5.57. The van der Waals surface area contributed by atoms with Crippen molar-refractivity contribution in [1.29, 1.82) is 0 Å². The highest BCUT2D eigenvalue weighted by Gasteiger charge is 2.10. The normalized spacial score (nSPS) is 9.95. The van der Waals surface area contributed by atoms with E-state index in [1.54, 1.807) is 18.2 Å². The average molecular weight is 294 g/mol. The van der Waals surface area contributed by atoms with E-state index in [9.17, 15) is 4.79 Å². The number of nitrogen functional groups attached to an aromatic ring is 1. The molecule has 4 N–H and O–H groups in total. The molecule has 0 radical (unpaired) electrons. The first-order chi connectivity index (χ1) is 9.63. The maximum Gasteiger partial charge on any atom is 0.275 e. The van der Waals surface area contributed by atoms with Gasteiger partial charge in [-0.15, -0.1) is 0 Å². The zero-order chi connectivity index (χ0) is 14.5. The number of ether oxygens (including phenoxy) is 1. The minimum Gasteiger partial charge on any atom is -0.495 e. The average Bonchev–Trinajstić information content (AvgIpc) is 2.47. The molecule has 2 aromatic rings. The Morgan fingerprint density at radius 1 is 1.40 bits per heavy atom. The summed E-state index contributed by atoms with van der Waals surface area (Å²) in [5.74, 6) is 5.61. The number of hydrogen-bond donors (Lipinski definition) is 3. The Hall–Kier alpha value is -2.38. The Kier molecular flexibility index (Phi) is 4.34. The van der Waals surface area contributed by atoms with Gasteiger partial charge in [0.15, 0.2) is 5.82 Å². The highest BCUT2D eigenvalue weighted by Crippen LogP contribution is 2.27. The van der Waals surface area contributed by atoms with E-state index in [0.717, 1.165) is 0 Å². The van der Waals surface area contributed by atoms with Crippen molar-refractivity contribution in [2.24, 2.45) is 5.84 Å². The summed E-state index contributed by atoms with van der Waals surface area (Å²) in [6.45, 7) is 0. The zero-order valence-corrected chi connectivity index (χ0v) is 11.3. The topological polar surface area (TPSA) is 102 Å². The molecule has 1 aromatic heterocycles. The van der Waals surface area contributed by atoms with Gasteiger partial charge < -0.3 is 15.5 Å². The number of nitrogens with zero attached hydrogens (tertiary/aromatic N) is 2. The number of hydrogen-bond acceptors (Lipinski definition) is 6. The molecule has 7 nitrogen and oxygen atoms in total. The van der Waals surface area contributed by atoms with Crippen LogP contribution >= 0.6 is 11.6 Å². The maximum absolute atomic E-state index is 12.0. The largest absolute Gasteiger partial charge is 0.495 e. The van der Waals surface area contributed by atoms with E-state index in [1.165, 1.54) is 19.5 Å². The smallest absolute Gasteiger partial charge is 0.275 e. The van der Waals surface area contributed by atoms with Crippen LogP contribution in [0.4, 0.5) is 11.5 Å². The summed E-state index contributed by atoms with van der Waals surface area (Å²) >= 11 is 5.98. The number of amides is 1. The number of halogens is 1. The monoisotopic (exact) mass is 293 g/mol. The third-order valence-corrected chi connectivity index (χ3v) is 2.72. The predicted molar refractivity (Wildman–Crippen MR) is 75.8 cm³/mol. The van der Waals surface area contributed by atoms with Gasteiger partial charge in [-0.2, -0.15) is 0 Å². The fourth-order valence-corrected chi connectivity index (χ4v) is 1.74. The highest BCUT2D eigenvalue weighted by molar-refractivity contribution is 6.32. The van der Waals surface area contributed by atoms with Gasteiger partial charge in [0, 0.05) is 5.69 Å². The SMILES string of the molecule is COc1ccc(NC(=O)c2cncc(NN)n2)cc1Cl. The van der Waals surface area contributed by atoms with Gasteiger partial charge in [0.1, 0.15) is 11.4 Å². The van der Waals surface area contributed by atoms with Gasteiger partial charge in [-0.1, -0.05) is 11.6 Å². The lowest BCUT2D eigenvalue weighted by Crippen LogP contribution is -2.16. The van der Waals surface area contributed by atoms with Crippen LogP contribution in [0.25, 0.3) is 0 Å². The van der Waals surface area contributed by atoms with E-state index in [0.29, 0.717) is 22.3 Å². The molecule has 0 fully saturated rings. The second-order valence-electron chi connectivity index (χ2n) is 3.74. The number of rotatable bonds is 4. The van der Waals surface area contributed by atoms with Crippen LogP contribution in [0.2, 0.25) is 5.02 Å².